The van der Waals surface area contributed by atoms with E-state index in [-0.39, 0.29) is 36.1 Å². The summed E-state index contributed by atoms with van der Waals surface area (Å²) in [7, 11) is 0. The normalized spacial score (nSPS) is 12.6. The first kappa shape index (κ1) is 27.7. The van der Waals surface area contributed by atoms with Crippen molar-refractivity contribution in [3.8, 4) is 11.5 Å². The molecule has 6 rings (SSSR count). The lowest BCUT2D eigenvalue weighted by atomic mass is 10.00. The molecule has 1 aliphatic rings. The molecule has 3 heterocycles. The van der Waals surface area contributed by atoms with Crippen molar-refractivity contribution < 1.29 is 23.9 Å². The second kappa shape index (κ2) is 11.8. The number of fused-ring (bicyclic) bond motifs is 2. The van der Waals surface area contributed by atoms with Crippen molar-refractivity contribution >= 4 is 45.8 Å². The molecule has 5 aromatic rings. The van der Waals surface area contributed by atoms with Crippen LogP contribution in [0, 0.1) is 0 Å². The van der Waals surface area contributed by atoms with Gasteiger partial charge in [0.05, 0.1) is 11.2 Å². The predicted molar refractivity (Wildman–Crippen MR) is 160 cm³/mol. The SMILES string of the molecule is NC(=O)c1nsc(C(=O)N(Cc2ccc3c(c2)OCO3)[C@@H](C(=O)NCc2ccccc2)c2ccc3ncccc3c2)c1N. The van der Waals surface area contributed by atoms with Crippen molar-refractivity contribution in [2.75, 3.05) is 12.5 Å². The topological polar surface area (TPSA) is 163 Å². The van der Waals surface area contributed by atoms with Crippen LogP contribution in [0.5, 0.6) is 11.5 Å². The summed E-state index contributed by atoms with van der Waals surface area (Å²) in [5.41, 5.74) is 14.2. The quantitative estimate of drug-likeness (QED) is 0.232. The Morgan fingerprint density at radius 1 is 0.953 bits per heavy atom. The van der Waals surface area contributed by atoms with Gasteiger partial charge in [0.1, 0.15) is 10.9 Å². The second-order valence-corrected chi connectivity index (χ2v) is 10.6. The maximum atomic E-state index is 14.3. The van der Waals surface area contributed by atoms with E-state index >= 15 is 0 Å². The van der Waals surface area contributed by atoms with E-state index in [4.69, 9.17) is 20.9 Å². The van der Waals surface area contributed by atoms with Crippen molar-refractivity contribution in [2.24, 2.45) is 5.73 Å². The van der Waals surface area contributed by atoms with Crippen molar-refractivity contribution in [1.29, 1.82) is 0 Å². The number of amides is 3. The number of carbonyl (C=O) groups is 3. The molecule has 12 heteroatoms. The van der Waals surface area contributed by atoms with Crippen LogP contribution < -0.4 is 26.3 Å². The molecule has 5 N–H and O–H groups in total. The monoisotopic (exact) mass is 594 g/mol. The number of hydrogen-bond donors (Lipinski definition) is 3. The third-order valence-electron chi connectivity index (χ3n) is 7.02. The largest absolute Gasteiger partial charge is 0.454 e. The smallest absolute Gasteiger partial charge is 0.270 e. The number of carbonyl (C=O) groups excluding carboxylic acids is 3. The maximum Gasteiger partial charge on any atom is 0.270 e. The Bertz CT molecular complexity index is 1840. The lowest BCUT2D eigenvalue weighted by molar-refractivity contribution is -0.126. The first-order valence-corrected chi connectivity index (χ1v) is 14.1. The van der Waals surface area contributed by atoms with Gasteiger partial charge in [-0.3, -0.25) is 19.4 Å². The third kappa shape index (κ3) is 5.68. The van der Waals surface area contributed by atoms with E-state index in [1.54, 1.807) is 42.6 Å². The fraction of sp³-hybridized carbons (Fsp3) is 0.129. The molecule has 11 nitrogen and oxygen atoms in total. The molecule has 0 spiro atoms. The first-order chi connectivity index (χ1) is 20.9. The van der Waals surface area contributed by atoms with Gasteiger partial charge in [0.25, 0.3) is 11.8 Å². The minimum atomic E-state index is -1.11. The number of nitrogens with two attached hydrogens (primary N) is 2. The molecular weight excluding hydrogens is 568 g/mol. The summed E-state index contributed by atoms with van der Waals surface area (Å²) < 4.78 is 15.0. The lowest BCUT2D eigenvalue weighted by Crippen LogP contribution is -2.43. The maximum absolute atomic E-state index is 14.3. The number of nitrogens with one attached hydrogen (secondary N) is 1. The van der Waals surface area contributed by atoms with E-state index < -0.39 is 23.8 Å². The summed E-state index contributed by atoms with van der Waals surface area (Å²) in [6, 6.07) is 22.7. The van der Waals surface area contributed by atoms with Crippen LogP contribution in [-0.2, 0) is 17.9 Å². The summed E-state index contributed by atoms with van der Waals surface area (Å²) in [6.07, 6.45) is 1.68. The number of aromatic nitrogens is 2. The number of benzene rings is 3. The molecule has 43 heavy (non-hydrogen) atoms. The van der Waals surface area contributed by atoms with Crippen molar-refractivity contribution in [1.82, 2.24) is 19.6 Å². The highest BCUT2D eigenvalue weighted by Crippen LogP contribution is 2.35. The van der Waals surface area contributed by atoms with Crippen LogP contribution >= 0.6 is 11.5 Å². The van der Waals surface area contributed by atoms with Crippen LogP contribution in [-0.4, -0.2) is 38.8 Å². The molecule has 216 valence electrons. The van der Waals surface area contributed by atoms with Crippen LogP contribution in [0.1, 0.15) is 42.9 Å². The zero-order chi connectivity index (χ0) is 29.9. The Morgan fingerprint density at radius 3 is 2.56 bits per heavy atom. The van der Waals surface area contributed by atoms with Gasteiger partial charge < -0.3 is 31.2 Å². The van der Waals surface area contributed by atoms with Crippen LogP contribution in [0.25, 0.3) is 10.9 Å². The molecule has 0 saturated heterocycles. The van der Waals surface area contributed by atoms with Gasteiger partial charge in [0.2, 0.25) is 12.7 Å². The van der Waals surface area contributed by atoms with E-state index in [0.29, 0.717) is 22.6 Å². The molecule has 2 aromatic heterocycles. The van der Waals surface area contributed by atoms with Gasteiger partial charge in [0.15, 0.2) is 17.2 Å². The van der Waals surface area contributed by atoms with Crippen LogP contribution in [0.4, 0.5) is 5.69 Å². The fourth-order valence-electron chi connectivity index (χ4n) is 4.89. The number of nitrogens with zero attached hydrogens (tertiary/aromatic N) is 3. The number of primary amides is 1. The highest BCUT2D eigenvalue weighted by Gasteiger charge is 2.35. The molecule has 1 atom stereocenters. The minimum Gasteiger partial charge on any atom is -0.454 e. The highest BCUT2D eigenvalue weighted by atomic mass is 32.1. The average molecular weight is 595 g/mol. The number of rotatable bonds is 9. The Hall–Kier alpha value is -5.49. The molecule has 3 aromatic carbocycles. The second-order valence-electron chi connectivity index (χ2n) is 9.82. The van der Waals surface area contributed by atoms with Gasteiger partial charge >= 0.3 is 0 Å². The first-order valence-electron chi connectivity index (χ1n) is 13.3. The van der Waals surface area contributed by atoms with Crippen LogP contribution in [0.15, 0.2) is 85.1 Å². The molecule has 0 bridgehead atoms. The molecule has 0 aliphatic carbocycles. The van der Waals surface area contributed by atoms with Gasteiger partial charge in [-0.25, -0.2) is 0 Å². The molecule has 0 fully saturated rings. The Balaban J connectivity index is 1.45. The van der Waals surface area contributed by atoms with Gasteiger partial charge in [0, 0.05) is 24.7 Å². The fourth-order valence-corrected chi connectivity index (χ4v) is 5.66. The number of pyridine rings is 1. The van der Waals surface area contributed by atoms with E-state index in [9.17, 15) is 14.4 Å². The van der Waals surface area contributed by atoms with E-state index in [1.165, 1.54) is 4.90 Å². The Kier molecular flexibility index (Phi) is 7.58. The minimum absolute atomic E-state index is 0.00198. The number of anilines is 1. The molecule has 0 radical (unpaired) electrons. The summed E-state index contributed by atoms with van der Waals surface area (Å²) in [6.45, 7) is 0.323. The zero-order valence-corrected chi connectivity index (χ0v) is 23.5. The Labute approximate surface area is 250 Å². The summed E-state index contributed by atoms with van der Waals surface area (Å²) in [5.74, 6) is -0.751. The Morgan fingerprint density at radius 2 is 1.77 bits per heavy atom. The number of hydrogen-bond acceptors (Lipinski definition) is 9. The number of nitrogen functional groups attached to an aromatic ring is 1. The lowest BCUT2D eigenvalue weighted by Gasteiger charge is -2.31. The molecule has 0 saturated carbocycles. The van der Waals surface area contributed by atoms with Gasteiger partial charge in [-0.2, -0.15) is 4.37 Å². The van der Waals surface area contributed by atoms with Crippen molar-refractivity contribution in [3.63, 3.8) is 0 Å². The number of ether oxygens (including phenoxy) is 2. The molecule has 3 amide bonds. The average Bonchev–Trinajstić information content (AvgIpc) is 3.66. The van der Waals surface area contributed by atoms with Gasteiger partial charge in [-0.05, 0) is 58.6 Å². The van der Waals surface area contributed by atoms with E-state index in [1.807, 2.05) is 42.5 Å². The zero-order valence-electron chi connectivity index (χ0n) is 22.7. The third-order valence-corrected chi connectivity index (χ3v) is 7.87. The highest BCUT2D eigenvalue weighted by molar-refractivity contribution is 7.09. The summed E-state index contributed by atoms with van der Waals surface area (Å²) >= 11 is 0.755. The van der Waals surface area contributed by atoms with Gasteiger partial charge in [-0.1, -0.05) is 48.5 Å². The van der Waals surface area contributed by atoms with Crippen LogP contribution in [0.2, 0.25) is 0 Å². The van der Waals surface area contributed by atoms with E-state index in [2.05, 4.69) is 14.7 Å². The standard InChI is InChI=1S/C31H26N6O5S/c32-25-26(29(33)38)36-43-28(25)31(40)37(16-19-8-11-23-24(13-19)42-17-41-23)27(30(39)35-15-18-5-2-1-3-6-18)21-9-10-22-20(14-21)7-4-12-34-22/h1-14,27H,15-17,32H2,(H2,33,38)(H,35,39)/t27-/m1/s1. The van der Waals surface area contributed by atoms with Gasteiger partial charge in [-0.15, -0.1) is 0 Å². The predicted octanol–water partition coefficient (Wildman–Crippen LogP) is 3.80. The summed E-state index contributed by atoms with van der Waals surface area (Å²) in [5, 5.41) is 3.78. The van der Waals surface area contributed by atoms with Crippen molar-refractivity contribution in [3.05, 3.63) is 112 Å². The van der Waals surface area contributed by atoms with Crippen molar-refractivity contribution in [2.45, 2.75) is 19.1 Å². The molecule has 0 unspecified atom stereocenters. The van der Waals surface area contributed by atoms with Crippen LogP contribution in [0.3, 0.4) is 0 Å². The molecular formula is C31H26N6O5S. The van der Waals surface area contributed by atoms with E-state index in [0.717, 1.165) is 28.0 Å². The molecule has 1 aliphatic heterocycles. The summed E-state index contributed by atoms with van der Waals surface area (Å²) in [4.78, 5) is 46.1.